The number of halogens is 1. The van der Waals surface area contributed by atoms with Crippen LogP contribution in [0.3, 0.4) is 0 Å². The number of hydrogen-bond donors (Lipinski definition) is 3. The number of aliphatic carboxylic acids is 1. The molecule has 0 aliphatic heterocycles. The zero-order chi connectivity index (χ0) is 24.7. The van der Waals surface area contributed by atoms with E-state index in [1.54, 1.807) is 18.2 Å². The van der Waals surface area contributed by atoms with Gasteiger partial charge in [-0.3, -0.25) is 9.78 Å². The predicted molar refractivity (Wildman–Crippen MR) is 130 cm³/mol. The van der Waals surface area contributed by atoms with Gasteiger partial charge in [0.05, 0.1) is 24.3 Å². The van der Waals surface area contributed by atoms with E-state index in [1.165, 1.54) is 12.1 Å². The van der Waals surface area contributed by atoms with Crippen molar-refractivity contribution in [2.75, 3.05) is 0 Å². The van der Waals surface area contributed by atoms with Gasteiger partial charge in [0.1, 0.15) is 5.82 Å². The Morgan fingerprint density at radius 2 is 1.76 bits per heavy atom. The van der Waals surface area contributed by atoms with Gasteiger partial charge < -0.3 is 15.3 Å². The van der Waals surface area contributed by atoms with E-state index in [0.29, 0.717) is 5.92 Å². The lowest BCUT2D eigenvalue weighted by molar-refractivity contribution is -0.139. The first-order chi connectivity index (χ1) is 15.5. The van der Waals surface area contributed by atoms with Gasteiger partial charge in [-0.2, -0.15) is 0 Å². The Bertz CT molecular complexity index is 967. The number of hydrogen-bond acceptors (Lipinski definition) is 4. The van der Waals surface area contributed by atoms with Gasteiger partial charge >= 0.3 is 5.97 Å². The summed E-state index contributed by atoms with van der Waals surface area (Å²) >= 11 is 0. The Labute approximate surface area is 196 Å². The van der Waals surface area contributed by atoms with Crippen LogP contribution in [0.5, 0.6) is 0 Å². The summed E-state index contributed by atoms with van der Waals surface area (Å²) in [7, 11) is 0. The van der Waals surface area contributed by atoms with E-state index in [1.807, 2.05) is 6.08 Å². The van der Waals surface area contributed by atoms with Crippen molar-refractivity contribution >= 4 is 12.0 Å². The molecular formula is C27H36FNO4. The lowest BCUT2D eigenvalue weighted by Crippen LogP contribution is -2.19. The first-order valence-corrected chi connectivity index (χ1v) is 11.6. The maximum Gasteiger partial charge on any atom is 0.305 e. The number of carbonyl (C=O) groups is 1. The average Bonchev–Trinajstić information content (AvgIpc) is 2.71. The molecule has 1 aromatic carbocycles. The van der Waals surface area contributed by atoms with Gasteiger partial charge in [-0.1, -0.05) is 58.9 Å². The fourth-order valence-corrected chi connectivity index (χ4v) is 4.03. The topological polar surface area (TPSA) is 90.7 Å². The number of carboxylic acid groups (broad SMARTS) is 1. The largest absolute Gasteiger partial charge is 0.481 e. The highest BCUT2D eigenvalue weighted by Gasteiger charge is 2.22. The van der Waals surface area contributed by atoms with Crippen LogP contribution in [0.1, 0.15) is 75.9 Å². The number of pyridine rings is 1. The van der Waals surface area contributed by atoms with Crippen LogP contribution in [0.25, 0.3) is 17.2 Å². The van der Waals surface area contributed by atoms with Crippen LogP contribution in [-0.4, -0.2) is 38.5 Å². The molecule has 0 unspecified atom stereocenters. The summed E-state index contributed by atoms with van der Waals surface area (Å²) in [5.74, 6) is -0.929. The zero-order valence-electron chi connectivity index (χ0n) is 20.2. The van der Waals surface area contributed by atoms with Crippen molar-refractivity contribution in [1.29, 1.82) is 0 Å². The number of rotatable bonds is 11. The Morgan fingerprint density at radius 3 is 2.27 bits per heavy atom. The molecule has 2 atom stereocenters. The molecule has 0 saturated carbocycles. The highest BCUT2D eigenvalue weighted by molar-refractivity contribution is 5.80. The van der Waals surface area contributed by atoms with Crippen LogP contribution in [-0.2, 0) is 17.6 Å². The second-order valence-electron chi connectivity index (χ2n) is 9.24. The van der Waals surface area contributed by atoms with Crippen molar-refractivity contribution in [2.24, 2.45) is 5.92 Å². The molecule has 0 radical (unpaired) electrons. The van der Waals surface area contributed by atoms with Gasteiger partial charge in [-0.05, 0) is 53.5 Å². The molecule has 1 heterocycles. The normalized spacial score (nSPS) is 13.8. The zero-order valence-corrected chi connectivity index (χ0v) is 20.2. The van der Waals surface area contributed by atoms with Crippen LogP contribution in [0.15, 0.2) is 30.3 Å². The highest BCUT2D eigenvalue weighted by Crippen LogP contribution is 2.37. The van der Waals surface area contributed by atoms with Gasteiger partial charge in [0.2, 0.25) is 0 Å². The number of aryl methyl sites for hydroxylation is 1. The minimum Gasteiger partial charge on any atom is -0.481 e. The molecule has 5 nitrogen and oxygen atoms in total. The molecule has 2 aromatic rings. The second-order valence-corrected chi connectivity index (χ2v) is 9.24. The summed E-state index contributed by atoms with van der Waals surface area (Å²) < 4.78 is 13.7. The van der Waals surface area contributed by atoms with Crippen molar-refractivity contribution in [3.8, 4) is 11.1 Å². The fourth-order valence-electron chi connectivity index (χ4n) is 4.03. The molecule has 6 heteroatoms. The first kappa shape index (κ1) is 26.7. The number of carboxylic acids is 1. The van der Waals surface area contributed by atoms with Gasteiger partial charge in [-0.25, -0.2) is 4.39 Å². The maximum absolute atomic E-state index is 13.7. The van der Waals surface area contributed by atoms with Crippen LogP contribution in [0.4, 0.5) is 4.39 Å². The smallest absolute Gasteiger partial charge is 0.305 e. The van der Waals surface area contributed by atoms with Gasteiger partial charge in [0.25, 0.3) is 0 Å². The standard InChI is InChI=1S/C27H36FNO4/c1-6-24-23(13-16(2)3)26(18-7-9-19(28)10-8-18)22(27(29-24)17(4)5)12-11-20(30)14-21(31)15-25(32)33/h7-12,16-17,20-21,30-31H,6,13-15H2,1-5H3,(H,32,33)/b12-11+/t20-,21-/m1/s1. The van der Waals surface area contributed by atoms with Crippen LogP contribution >= 0.6 is 0 Å². The summed E-state index contributed by atoms with van der Waals surface area (Å²) in [6.45, 7) is 10.5. The van der Waals surface area contributed by atoms with Crippen molar-refractivity contribution < 1.29 is 24.5 Å². The Hall–Kier alpha value is -2.57. The van der Waals surface area contributed by atoms with Gasteiger partial charge in [0.15, 0.2) is 0 Å². The minimum atomic E-state index is -1.14. The van der Waals surface area contributed by atoms with E-state index in [0.717, 1.165) is 46.5 Å². The monoisotopic (exact) mass is 457 g/mol. The molecule has 0 fully saturated rings. The van der Waals surface area contributed by atoms with E-state index < -0.39 is 24.6 Å². The van der Waals surface area contributed by atoms with Crippen LogP contribution < -0.4 is 0 Å². The molecule has 1 aromatic heterocycles. The van der Waals surface area contributed by atoms with Crippen LogP contribution in [0, 0.1) is 11.7 Å². The number of benzene rings is 1. The summed E-state index contributed by atoms with van der Waals surface area (Å²) in [6, 6.07) is 6.42. The fraction of sp³-hybridized carbons (Fsp3) is 0.481. The van der Waals surface area contributed by atoms with Crippen molar-refractivity contribution in [3.63, 3.8) is 0 Å². The molecule has 0 saturated heterocycles. The first-order valence-electron chi connectivity index (χ1n) is 11.6. The molecule has 0 spiro atoms. The Kier molecular flexibility index (Phi) is 9.74. The predicted octanol–water partition coefficient (Wildman–Crippen LogP) is 5.37. The number of aromatic nitrogens is 1. The lowest BCUT2D eigenvalue weighted by atomic mass is 9.85. The number of nitrogens with zero attached hydrogens (tertiary/aromatic N) is 1. The third-order valence-corrected chi connectivity index (χ3v) is 5.49. The van der Waals surface area contributed by atoms with Gasteiger partial charge in [-0.15, -0.1) is 0 Å². The number of aliphatic hydroxyl groups is 2. The Morgan fingerprint density at radius 1 is 1.12 bits per heavy atom. The van der Waals surface area contributed by atoms with Crippen molar-refractivity contribution in [3.05, 3.63) is 58.7 Å². The SMILES string of the molecule is CCc1nc(C(C)C)c(/C=C/[C@@H](O)C[C@@H](O)CC(=O)O)c(-c2ccc(F)cc2)c1CC(C)C. The molecule has 33 heavy (non-hydrogen) atoms. The highest BCUT2D eigenvalue weighted by atomic mass is 19.1. The summed E-state index contributed by atoms with van der Waals surface area (Å²) in [6.07, 6.45) is 2.31. The van der Waals surface area contributed by atoms with Crippen molar-refractivity contribution in [2.45, 2.75) is 78.4 Å². The maximum atomic E-state index is 13.7. The van der Waals surface area contributed by atoms with Gasteiger partial charge in [0, 0.05) is 17.7 Å². The van der Waals surface area contributed by atoms with E-state index in [4.69, 9.17) is 10.1 Å². The average molecular weight is 458 g/mol. The van der Waals surface area contributed by atoms with Crippen LogP contribution in [0.2, 0.25) is 0 Å². The summed E-state index contributed by atoms with van der Waals surface area (Å²) in [5.41, 5.74) is 5.73. The molecule has 2 rings (SSSR count). The third kappa shape index (κ3) is 7.47. The molecule has 0 aliphatic carbocycles. The van der Waals surface area contributed by atoms with E-state index in [2.05, 4.69) is 34.6 Å². The van der Waals surface area contributed by atoms with E-state index in [9.17, 15) is 19.4 Å². The second kappa shape index (κ2) is 12.1. The molecule has 0 aliphatic rings. The molecular weight excluding hydrogens is 421 g/mol. The quantitative estimate of drug-likeness (QED) is 0.422. The summed E-state index contributed by atoms with van der Waals surface area (Å²) in [4.78, 5) is 15.8. The Balaban J connectivity index is 2.67. The van der Waals surface area contributed by atoms with E-state index >= 15 is 0 Å². The lowest BCUT2D eigenvalue weighted by Gasteiger charge is -2.23. The van der Waals surface area contributed by atoms with E-state index in [-0.39, 0.29) is 18.2 Å². The molecule has 0 bridgehead atoms. The molecule has 0 amide bonds. The number of aliphatic hydroxyl groups excluding tert-OH is 2. The van der Waals surface area contributed by atoms with Crippen molar-refractivity contribution in [1.82, 2.24) is 4.98 Å². The molecule has 180 valence electrons. The molecule has 3 N–H and O–H groups in total. The summed E-state index contributed by atoms with van der Waals surface area (Å²) in [5, 5.41) is 29.1. The minimum absolute atomic E-state index is 0.0784. The third-order valence-electron chi connectivity index (χ3n) is 5.49.